The lowest BCUT2D eigenvalue weighted by atomic mass is 9.52. The lowest BCUT2D eigenvalue weighted by Gasteiger charge is -2.53. The number of ether oxygens (including phenoxy) is 1. The molecule has 1 aromatic rings. The van der Waals surface area contributed by atoms with Crippen LogP contribution in [0.2, 0.25) is 0 Å². The minimum atomic E-state index is -0.245. The molecule has 0 heterocycles. The van der Waals surface area contributed by atoms with Crippen LogP contribution in [0.15, 0.2) is 28.7 Å². The molecule has 1 amide bonds. The largest absolute Gasteiger partial charge is 0.455 e. The quantitative estimate of drug-likeness (QED) is 0.725. The van der Waals surface area contributed by atoms with E-state index >= 15 is 0 Å². The van der Waals surface area contributed by atoms with Crippen molar-refractivity contribution in [2.45, 2.75) is 45.1 Å². The Labute approximate surface area is 163 Å². The van der Waals surface area contributed by atoms with E-state index < -0.39 is 0 Å². The van der Waals surface area contributed by atoms with Crippen LogP contribution >= 0.6 is 15.9 Å². The maximum absolute atomic E-state index is 12.6. The van der Waals surface area contributed by atoms with Crippen LogP contribution < -0.4 is 5.32 Å². The van der Waals surface area contributed by atoms with Gasteiger partial charge in [-0.3, -0.25) is 9.59 Å². The number of amides is 1. The molecular weight excluding hydrogens is 394 g/mol. The second-order valence-corrected chi connectivity index (χ2v) is 9.23. The van der Waals surface area contributed by atoms with Gasteiger partial charge in [0, 0.05) is 4.47 Å². The predicted molar refractivity (Wildman–Crippen MR) is 102 cm³/mol. The van der Waals surface area contributed by atoms with Crippen molar-refractivity contribution < 1.29 is 14.3 Å². The number of hydrogen-bond acceptors (Lipinski definition) is 3. The van der Waals surface area contributed by atoms with Crippen molar-refractivity contribution in [1.29, 1.82) is 0 Å². The monoisotopic (exact) mass is 419 g/mol. The molecule has 4 fully saturated rings. The Balaban J connectivity index is 1.29. The molecule has 0 aliphatic heterocycles. The first kappa shape index (κ1) is 18.0. The zero-order valence-electron chi connectivity index (χ0n) is 15.1. The Morgan fingerprint density at radius 1 is 1.12 bits per heavy atom. The average Bonchev–Trinajstić information content (AvgIpc) is 2.59. The number of rotatable bonds is 5. The highest BCUT2D eigenvalue weighted by Crippen LogP contribution is 2.56. The lowest BCUT2D eigenvalue weighted by molar-refractivity contribution is -0.164. The van der Waals surface area contributed by atoms with E-state index in [1.165, 1.54) is 32.1 Å². The van der Waals surface area contributed by atoms with Crippen LogP contribution in [0.1, 0.15) is 50.6 Å². The second kappa shape index (κ2) is 7.34. The molecule has 5 heteroatoms. The predicted octanol–water partition coefficient (Wildman–Crippen LogP) is 4.24. The first-order valence-corrected chi connectivity index (χ1v) is 10.5. The third kappa shape index (κ3) is 3.55. The van der Waals surface area contributed by atoms with Gasteiger partial charge < -0.3 is 10.1 Å². The smallest absolute Gasteiger partial charge is 0.310 e. The molecule has 140 valence electrons. The van der Waals surface area contributed by atoms with E-state index in [9.17, 15) is 9.59 Å². The van der Waals surface area contributed by atoms with Crippen molar-refractivity contribution in [2.75, 3.05) is 6.61 Å². The molecule has 0 aromatic heterocycles. The molecule has 26 heavy (non-hydrogen) atoms. The van der Waals surface area contributed by atoms with Crippen LogP contribution in [0.4, 0.5) is 0 Å². The molecule has 0 radical (unpaired) electrons. The molecular formula is C21H26BrNO3. The van der Waals surface area contributed by atoms with Crippen LogP contribution in [0.3, 0.4) is 0 Å². The molecule has 0 saturated heterocycles. The Hall–Kier alpha value is -1.36. The van der Waals surface area contributed by atoms with Crippen molar-refractivity contribution in [3.8, 4) is 0 Å². The number of benzene rings is 1. The summed E-state index contributed by atoms with van der Waals surface area (Å²) in [6, 6.07) is 7.65. The average molecular weight is 420 g/mol. The third-order valence-electron chi connectivity index (χ3n) is 6.59. The molecule has 4 aliphatic carbocycles. The fraction of sp³-hybridized carbons (Fsp3) is 0.619. The molecule has 4 saturated carbocycles. The van der Waals surface area contributed by atoms with Gasteiger partial charge in [-0.1, -0.05) is 34.1 Å². The molecule has 1 aromatic carbocycles. The fourth-order valence-electron chi connectivity index (χ4n) is 5.73. The molecule has 5 rings (SSSR count). The summed E-state index contributed by atoms with van der Waals surface area (Å²) in [4.78, 5) is 24.9. The Morgan fingerprint density at radius 2 is 1.73 bits per heavy atom. The summed E-state index contributed by atoms with van der Waals surface area (Å²) < 4.78 is 6.39. The number of nitrogens with one attached hydrogen (secondary N) is 1. The van der Waals surface area contributed by atoms with E-state index in [1.807, 2.05) is 31.2 Å². The van der Waals surface area contributed by atoms with Crippen LogP contribution in [0.25, 0.3) is 0 Å². The van der Waals surface area contributed by atoms with Gasteiger partial charge in [0.05, 0.1) is 12.0 Å². The first-order chi connectivity index (χ1) is 12.5. The highest BCUT2D eigenvalue weighted by molar-refractivity contribution is 9.10. The van der Waals surface area contributed by atoms with E-state index in [-0.39, 0.29) is 30.4 Å². The summed E-state index contributed by atoms with van der Waals surface area (Å²) in [5.74, 6) is 2.26. The van der Waals surface area contributed by atoms with E-state index in [2.05, 4.69) is 21.2 Å². The van der Waals surface area contributed by atoms with Crippen LogP contribution in [0.5, 0.6) is 0 Å². The van der Waals surface area contributed by atoms with Gasteiger partial charge in [0.1, 0.15) is 0 Å². The zero-order valence-corrected chi connectivity index (χ0v) is 16.7. The summed E-state index contributed by atoms with van der Waals surface area (Å²) >= 11 is 3.50. The number of esters is 1. The maximum atomic E-state index is 12.6. The summed E-state index contributed by atoms with van der Waals surface area (Å²) in [7, 11) is 0. The highest BCUT2D eigenvalue weighted by atomic mass is 79.9. The van der Waals surface area contributed by atoms with Crippen molar-refractivity contribution in [2.24, 2.45) is 29.6 Å². The Morgan fingerprint density at radius 3 is 2.35 bits per heavy atom. The van der Waals surface area contributed by atoms with Crippen molar-refractivity contribution in [3.05, 3.63) is 34.3 Å². The molecule has 0 unspecified atom stereocenters. The molecule has 0 spiro atoms. The minimum Gasteiger partial charge on any atom is -0.455 e. The zero-order chi connectivity index (χ0) is 18.3. The molecule has 1 atom stereocenters. The highest BCUT2D eigenvalue weighted by Gasteiger charge is 2.51. The van der Waals surface area contributed by atoms with Gasteiger partial charge >= 0.3 is 5.97 Å². The lowest BCUT2D eigenvalue weighted by Crippen LogP contribution is -2.48. The maximum Gasteiger partial charge on any atom is 0.310 e. The summed E-state index contributed by atoms with van der Waals surface area (Å²) in [5, 5.41) is 2.91. The number of carbonyl (C=O) groups is 2. The number of halogens is 1. The Kier molecular flexibility index (Phi) is 5.09. The topological polar surface area (TPSA) is 55.4 Å². The van der Waals surface area contributed by atoms with Crippen molar-refractivity contribution in [3.63, 3.8) is 0 Å². The van der Waals surface area contributed by atoms with E-state index in [1.54, 1.807) is 0 Å². The Bertz CT molecular complexity index is 676. The molecule has 4 aliphatic rings. The van der Waals surface area contributed by atoms with Crippen LogP contribution in [0, 0.1) is 29.6 Å². The van der Waals surface area contributed by atoms with E-state index in [0.717, 1.165) is 21.9 Å². The van der Waals surface area contributed by atoms with Crippen molar-refractivity contribution in [1.82, 2.24) is 5.32 Å². The standard InChI is InChI=1S/C21H26BrNO3/c1-12(17-4-2-3-5-18(17)22)23-19(24)11-26-21(25)20-15-7-13-6-14(9-15)10-16(20)8-13/h2-5,12-16,20H,6-11H2,1H3,(H,23,24)/t12-,13?,14?,15?,16?,20?/m1/s1. The summed E-state index contributed by atoms with van der Waals surface area (Å²) in [6.07, 6.45) is 6.08. The van der Waals surface area contributed by atoms with Gasteiger partial charge in [0.15, 0.2) is 6.61 Å². The van der Waals surface area contributed by atoms with Gasteiger partial charge in [0.2, 0.25) is 0 Å². The van der Waals surface area contributed by atoms with E-state index in [4.69, 9.17) is 4.74 Å². The van der Waals surface area contributed by atoms with Gasteiger partial charge in [-0.2, -0.15) is 0 Å². The third-order valence-corrected chi connectivity index (χ3v) is 7.32. The van der Waals surface area contributed by atoms with Gasteiger partial charge in [0.25, 0.3) is 5.91 Å². The van der Waals surface area contributed by atoms with Gasteiger partial charge in [-0.05, 0) is 74.3 Å². The van der Waals surface area contributed by atoms with Crippen LogP contribution in [-0.4, -0.2) is 18.5 Å². The minimum absolute atomic E-state index is 0.0243. The van der Waals surface area contributed by atoms with Gasteiger partial charge in [-0.25, -0.2) is 0 Å². The number of hydrogen-bond donors (Lipinski definition) is 1. The van der Waals surface area contributed by atoms with Crippen LogP contribution in [-0.2, 0) is 14.3 Å². The van der Waals surface area contributed by atoms with E-state index in [0.29, 0.717) is 11.8 Å². The number of carbonyl (C=O) groups excluding carboxylic acids is 2. The fourth-order valence-corrected chi connectivity index (χ4v) is 6.36. The molecule has 1 N–H and O–H groups in total. The summed E-state index contributed by atoms with van der Waals surface area (Å²) in [5.41, 5.74) is 1.01. The first-order valence-electron chi connectivity index (χ1n) is 9.71. The normalized spacial score (nSPS) is 32.9. The summed E-state index contributed by atoms with van der Waals surface area (Å²) in [6.45, 7) is 1.74. The van der Waals surface area contributed by atoms with Crippen molar-refractivity contribution >= 4 is 27.8 Å². The SMILES string of the molecule is C[C@@H](NC(=O)COC(=O)C1C2CC3CC(C2)CC1C3)c1ccccc1Br. The second-order valence-electron chi connectivity index (χ2n) is 8.37. The molecule has 4 nitrogen and oxygen atoms in total. The van der Waals surface area contributed by atoms with Gasteiger partial charge in [-0.15, -0.1) is 0 Å². The molecule has 4 bridgehead atoms.